The molecule has 120 valence electrons. The Kier molecular flexibility index (Phi) is 4.01. The van der Waals surface area contributed by atoms with Gasteiger partial charge in [-0.05, 0) is 24.3 Å². The van der Waals surface area contributed by atoms with Gasteiger partial charge in [-0.2, -0.15) is 5.10 Å². The second-order valence-corrected chi connectivity index (χ2v) is 5.53. The molecule has 23 heavy (non-hydrogen) atoms. The van der Waals surface area contributed by atoms with E-state index < -0.39 is 0 Å². The average Bonchev–Trinajstić information content (AvgIpc) is 3.02. The number of nitrogens with zero attached hydrogens (tertiary/aromatic N) is 3. The third-order valence-electron chi connectivity index (χ3n) is 3.96. The van der Waals surface area contributed by atoms with Gasteiger partial charge in [0.15, 0.2) is 0 Å². The highest BCUT2D eigenvalue weighted by atomic mass is 16.3. The molecule has 7 heteroatoms. The predicted octanol–water partition coefficient (Wildman–Crippen LogP) is 0.922. The summed E-state index contributed by atoms with van der Waals surface area (Å²) in [5.41, 5.74) is 1.32. The molecule has 3 rings (SSSR count). The minimum Gasteiger partial charge on any atom is -0.508 e. The second kappa shape index (κ2) is 6.12. The maximum atomic E-state index is 12.7. The zero-order valence-corrected chi connectivity index (χ0v) is 12.8. The fourth-order valence-corrected chi connectivity index (χ4v) is 2.83. The molecule has 1 aliphatic heterocycles. The number of carbonyl (C=O) groups is 2. The van der Waals surface area contributed by atoms with E-state index in [1.165, 1.54) is 12.1 Å². The standard InChI is InChI=1S/C16H18N4O3/c1-17-15(22)8-13-10-19(9-12-5-6-18-20(12)13)16(23)11-3-2-4-14(21)7-11/h2-7,13,21H,8-10H2,1H3,(H,17,22)/t13-/m0/s1. The maximum absolute atomic E-state index is 12.7. The van der Waals surface area contributed by atoms with Crippen molar-refractivity contribution in [1.82, 2.24) is 20.0 Å². The van der Waals surface area contributed by atoms with Crippen LogP contribution in [-0.2, 0) is 11.3 Å². The molecule has 1 atom stereocenters. The monoisotopic (exact) mass is 314 g/mol. The van der Waals surface area contributed by atoms with Crippen molar-refractivity contribution in [3.05, 3.63) is 47.8 Å². The molecule has 2 heterocycles. The molecule has 0 radical (unpaired) electrons. The van der Waals surface area contributed by atoms with Gasteiger partial charge in [0.05, 0.1) is 24.7 Å². The molecule has 2 N–H and O–H groups in total. The molecule has 0 fully saturated rings. The van der Waals surface area contributed by atoms with Gasteiger partial charge in [-0.25, -0.2) is 0 Å². The summed E-state index contributed by atoms with van der Waals surface area (Å²) < 4.78 is 1.81. The molecule has 7 nitrogen and oxygen atoms in total. The Hall–Kier alpha value is -2.83. The van der Waals surface area contributed by atoms with Gasteiger partial charge in [-0.3, -0.25) is 14.3 Å². The van der Waals surface area contributed by atoms with Crippen LogP contribution in [0.25, 0.3) is 0 Å². The highest BCUT2D eigenvalue weighted by Crippen LogP contribution is 2.25. The van der Waals surface area contributed by atoms with Gasteiger partial charge >= 0.3 is 0 Å². The van der Waals surface area contributed by atoms with Crippen LogP contribution in [0.5, 0.6) is 5.75 Å². The fourth-order valence-electron chi connectivity index (χ4n) is 2.83. The molecule has 0 unspecified atom stereocenters. The van der Waals surface area contributed by atoms with E-state index in [0.717, 1.165) is 5.69 Å². The van der Waals surface area contributed by atoms with Crippen molar-refractivity contribution in [2.75, 3.05) is 13.6 Å². The van der Waals surface area contributed by atoms with E-state index >= 15 is 0 Å². The topological polar surface area (TPSA) is 87.5 Å². The molecular weight excluding hydrogens is 296 g/mol. The second-order valence-electron chi connectivity index (χ2n) is 5.53. The molecule has 1 aromatic carbocycles. The highest BCUT2D eigenvalue weighted by molar-refractivity contribution is 5.94. The summed E-state index contributed by atoms with van der Waals surface area (Å²) >= 11 is 0. The molecular formula is C16H18N4O3. The molecule has 0 aliphatic carbocycles. The summed E-state index contributed by atoms with van der Waals surface area (Å²) in [6.45, 7) is 0.829. The highest BCUT2D eigenvalue weighted by Gasteiger charge is 2.30. The number of nitrogens with one attached hydrogen (secondary N) is 1. The number of phenols is 1. The van der Waals surface area contributed by atoms with Crippen molar-refractivity contribution in [3.63, 3.8) is 0 Å². The first-order chi connectivity index (χ1) is 11.1. The van der Waals surface area contributed by atoms with Crippen molar-refractivity contribution in [2.24, 2.45) is 0 Å². The van der Waals surface area contributed by atoms with Crippen molar-refractivity contribution in [1.29, 1.82) is 0 Å². The average molecular weight is 314 g/mol. The summed E-state index contributed by atoms with van der Waals surface area (Å²) in [5, 5.41) is 16.4. The Labute approximate surface area is 133 Å². The number of hydrogen-bond acceptors (Lipinski definition) is 4. The van der Waals surface area contributed by atoms with Gasteiger partial charge < -0.3 is 15.3 Å². The number of rotatable bonds is 3. The zero-order chi connectivity index (χ0) is 16.4. The maximum Gasteiger partial charge on any atom is 0.254 e. The van der Waals surface area contributed by atoms with Crippen LogP contribution < -0.4 is 5.32 Å². The van der Waals surface area contributed by atoms with E-state index in [4.69, 9.17) is 0 Å². The lowest BCUT2D eigenvalue weighted by atomic mass is 10.1. The first-order valence-corrected chi connectivity index (χ1v) is 7.39. The van der Waals surface area contributed by atoms with E-state index in [9.17, 15) is 14.7 Å². The molecule has 0 saturated carbocycles. The number of amides is 2. The number of hydrogen-bond donors (Lipinski definition) is 2. The summed E-state index contributed by atoms with van der Waals surface area (Å²) in [5.74, 6) is -0.210. The van der Waals surface area contributed by atoms with Gasteiger partial charge in [0, 0.05) is 25.4 Å². The van der Waals surface area contributed by atoms with Crippen LogP contribution >= 0.6 is 0 Å². The number of fused-ring (bicyclic) bond motifs is 1. The summed E-state index contributed by atoms with van der Waals surface area (Å²) in [7, 11) is 1.59. The summed E-state index contributed by atoms with van der Waals surface area (Å²) in [4.78, 5) is 26.1. The minimum atomic E-state index is -0.199. The number of aromatic hydroxyl groups is 1. The Morgan fingerprint density at radius 2 is 2.22 bits per heavy atom. The number of aromatic nitrogens is 2. The number of phenolic OH excluding ortho intramolecular Hbond substituents is 1. The Morgan fingerprint density at radius 1 is 1.39 bits per heavy atom. The fraction of sp³-hybridized carbons (Fsp3) is 0.312. The van der Waals surface area contributed by atoms with E-state index in [2.05, 4.69) is 10.4 Å². The Morgan fingerprint density at radius 3 is 2.96 bits per heavy atom. The normalized spacial score (nSPS) is 16.7. The summed E-state index contributed by atoms with van der Waals surface area (Å²) in [6, 6.07) is 7.92. The van der Waals surface area contributed by atoms with E-state index in [0.29, 0.717) is 18.7 Å². The van der Waals surface area contributed by atoms with Crippen LogP contribution in [0.3, 0.4) is 0 Å². The quantitative estimate of drug-likeness (QED) is 0.882. The van der Waals surface area contributed by atoms with Crippen molar-refractivity contribution >= 4 is 11.8 Å². The lowest BCUT2D eigenvalue weighted by Crippen LogP contribution is -2.42. The zero-order valence-electron chi connectivity index (χ0n) is 12.8. The van der Waals surface area contributed by atoms with Gasteiger partial charge in [0.25, 0.3) is 5.91 Å². The van der Waals surface area contributed by atoms with Crippen LogP contribution in [0.2, 0.25) is 0 Å². The molecule has 2 aromatic rings. The number of carbonyl (C=O) groups excluding carboxylic acids is 2. The Bertz CT molecular complexity index is 740. The van der Waals surface area contributed by atoms with Crippen LogP contribution in [0.1, 0.15) is 28.5 Å². The molecule has 1 aromatic heterocycles. The third kappa shape index (κ3) is 3.03. The first kappa shape index (κ1) is 15.1. The molecule has 2 amide bonds. The Balaban J connectivity index is 1.85. The summed E-state index contributed by atoms with van der Waals surface area (Å²) in [6.07, 6.45) is 1.93. The van der Waals surface area contributed by atoms with Crippen LogP contribution in [-0.4, -0.2) is 45.2 Å². The lowest BCUT2D eigenvalue weighted by Gasteiger charge is -2.33. The molecule has 0 spiro atoms. The van der Waals surface area contributed by atoms with Gasteiger partial charge in [0.1, 0.15) is 5.75 Å². The van der Waals surface area contributed by atoms with Crippen LogP contribution in [0.4, 0.5) is 0 Å². The lowest BCUT2D eigenvalue weighted by molar-refractivity contribution is -0.121. The van der Waals surface area contributed by atoms with E-state index in [-0.39, 0.29) is 30.0 Å². The van der Waals surface area contributed by atoms with E-state index in [1.807, 2.05) is 10.7 Å². The molecule has 0 saturated heterocycles. The smallest absolute Gasteiger partial charge is 0.254 e. The van der Waals surface area contributed by atoms with Crippen LogP contribution in [0, 0.1) is 0 Å². The van der Waals surface area contributed by atoms with Crippen molar-refractivity contribution in [2.45, 2.75) is 19.0 Å². The molecule has 0 bridgehead atoms. The molecule has 1 aliphatic rings. The van der Waals surface area contributed by atoms with Gasteiger partial charge in [0.2, 0.25) is 5.91 Å². The minimum absolute atomic E-state index is 0.0554. The first-order valence-electron chi connectivity index (χ1n) is 7.39. The largest absolute Gasteiger partial charge is 0.508 e. The third-order valence-corrected chi connectivity index (χ3v) is 3.96. The van der Waals surface area contributed by atoms with Gasteiger partial charge in [-0.1, -0.05) is 6.07 Å². The predicted molar refractivity (Wildman–Crippen MR) is 82.8 cm³/mol. The van der Waals surface area contributed by atoms with E-state index in [1.54, 1.807) is 30.3 Å². The van der Waals surface area contributed by atoms with Crippen molar-refractivity contribution in [3.8, 4) is 5.75 Å². The van der Waals surface area contributed by atoms with Gasteiger partial charge in [-0.15, -0.1) is 0 Å². The number of benzene rings is 1. The van der Waals surface area contributed by atoms with Crippen LogP contribution in [0.15, 0.2) is 36.5 Å². The van der Waals surface area contributed by atoms with Crippen molar-refractivity contribution < 1.29 is 14.7 Å². The SMILES string of the molecule is CNC(=O)C[C@H]1CN(C(=O)c2cccc(O)c2)Cc2ccnn21.